The van der Waals surface area contributed by atoms with Crippen LogP contribution in [0.15, 0.2) is 18.2 Å². The predicted octanol–water partition coefficient (Wildman–Crippen LogP) is 3.29. The van der Waals surface area contributed by atoms with Gasteiger partial charge in [0.25, 0.3) is 0 Å². The maximum atomic E-state index is 9.54. The van der Waals surface area contributed by atoms with Gasteiger partial charge in [0.15, 0.2) is 0 Å². The molecule has 0 amide bonds. The summed E-state index contributed by atoms with van der Waals surface area (Å²) in [6.45, 7) is 10.3. The number of anilines is 1. The summed E-state index contributed by atoms with van der Waals surface area (Å²) in [6.07, 6.45) is 0. The quantitative estimate of drug-likeness (QED) is 0.811. The van der Waals surface area contributed by atoms with Gasteiger partial charge in [-0.15, -0.1) is 0 Å². The van der Waals surface area contributed by atoms with Gasteiger partial charge in [0.05, 0.1) is 12.1 Å². The fraction of sp³-hybridized carbons (Fsp3) is 0.625. The predicted molar refractivity (Wildman–Crippen MR) is 87.6 cm³/mol. The van der Waals surface area contributed by atoms with E-state index in [0.717, 1.165) is 29.4 Å². The second-order valence-corrected chi connectivity index (χ2v) is 6.76. The normalized spacial score (nSPS) is 12.0. The lowest BCUT2D eigenvalue weighted by Crippen LogP contribution is -2.45. The van der Waals surface area contributed by atoms with Gasteiger partial charge in [-0.2, -0.15) is 0 Å². The van der Waals surface area contributed by atoms with Crippen LogP contribution in [0.5, 0.6) is 0 Å². The van der Waals surface area contributed by atoms with Crippen molar-refractivity contribution in [2.24, 2.45) is 5.92 Å². The zero-order valence-corrected chi connectivity index (χ0v) is 14.0. The van der Waals surface area contributed by atoms with Crippen LogP contribution in [-0.4, -0.2) is 30.8 Å². The molecule has 0 aromatic heterocycles. The number of halogens is 1. The Morgan fingerprint density at radius 2 is 2.00 bits per heavy atom. The summed E-state index contributed by atoms with van der Waals surface area (Å²) < 4.78 is 0. The van der Waals surface area contributed by atoms with Gasteiger partial charge in [-0.25, -0.2) is 0 Å². The molecule has 1 aromatic rings. The van der Waals surface area contributed by atoms with E-state index in [-0.39, 0.29) is 12.1 Å². The molecule has 114 valence electrons. The maximum absolute atomic E-state index is 9.54. The first kappa shape index (κ1) is 17.3. The minimum Gasteiger partial charge on any atom is -0.394 e. The number of hydrogen-bond donors (Lipinski definition) is 2. The summed E-state index contributed by atoms with van der Waals surface area (Å²) in [6, 6.07) is 5.91. The van der Waals surface area contributed by atoms with Gasteiger partial charge in [-0.3, -0.25) is 0 Å². The lowest BCUT2D eigenvalue weighted by atomic mass is 10.0. The molecular weight excluding hydrogens is 272 g/mol. The van der Waals surface area contributed by atoms with E-state index in [2.05, 4.69) is 24.1 Å². The number of benzene rings is 1. The van der Waals surface area contributed by atoms with Crippen molar-refractivity contribution in [3.63, 3.8) is 0 Å². The zero-order chi connectivity index (χ0) is 15.3. The van der Waals surface area contributed by atoms with Gasteiger partial charge in [-0.1, -0.05) is 25.4 Å². The van der Waals surface area contributed by atoms with Gasteiger partial charge < -0.3 is 15.3 Å². The maximum Gasteiger partial charge on any atom is 0.0658 e. The van der Waals surface area contributed by atoms with Crippen molar-refractivity contribution in [2.45, 2.75) is 39.8 Å². The lowest BCUT2D eigenvalue weighted by molar-refractivity contribution is 0.216. The van der Waals surface area contributed by atoms with E-state index in [1.54, 1.807) is 0 Å². The van der Waals surface area contributed by atoms with Crippen LogP contribution >= 0.6 is 11.6 Å². The first-order chi connectivity index (χ1) is 9.27. The molecule has 0 fully saturated rings. The standard InChI is InChI=1S/C16H27ClN2O/c1-12(2)9-18-10-13-8-14(17)6-7-15(13)19(5)16(3,4)11-20/h6-8,12,18,20H,9-11H2,1-5H3. The van der Waals surface area contributed by atoms with E-state index >= 15 is 0 Å². The third-order valence-corrected chi connectivity index (χ3v) is 3.80. The van der Waals surface area contributed by atoms with Crippen LogP contribution < -0.4 is 10.2 Å². The highest BCUT2D eigenvalue weighted by atomic mass is 35.5. The van der Waals surface area contributed by atoms with Gasteiger partial charge in [0, 0.05) is 24.3 Å². The topological polar surface area (TPSA) is 35.5 Å². The number of hydrogen-bond acceptors (Lipinski definition) is 3. The van der Waals surface area contributed by atoms with Gasteiger partial charge >= 0.3 is 0 Å². The Hall–Kier alpha value is -0.770. The minimum atomic E-state index is -0.305. The molecule has 0 atom stereocenters. The Labute approximate surface area is 127 Å². The third-order valence-electron chi connectivity index (χ3n) is 3.57. The van der Waals surface area contributed by atoms with Crippen LogP contribution in [0.4, 0.5) is 5.69 Å². The molecule has 0 bridgehead atoms. The van der Waals surface area contributed by atoms with Crippen molar-refractivity contribution in [1.82, 2.24) is 5.32 Å². The number of aliphatic hydroxyl groups excluding tert-OH is 1. The molecule has 0 aliphatic rings. The van der Waals surface area contributed by atoms with Crippen LogP contribution in [0.2, 0.25) is 5.02 Å². The van der Waals surface area contributed by atoms with E-state index in [4.69, 9.17) is 11.6 Å². The van der Waals surface area contributed by atoms with E-state index in [1.807, 2.05) is 39.1 Å². The first-order valence-electron chi connectivity index (χ1n) is 7.11. The number of rotatable bonds is 7. The summed E-state index contributed by atoms with van der Waals surface area (Å²) in [5.74, 6) is 0.615. The Morgan fingerprint density at radius 3 is 2.55 bits per heavy atom. The number of nitrogens with one attached hydrogen (secondary N) is 1. The summed E-state index contributed by atoms with van der Waals surface area (Å²) in [5, 5.41) is 13.7. The Bertz CT molecular complexity index is 432. The molecular formula is C16H27ClN2O. The summed E-state index contributed by atoms with van der Waals surface area (Å²) in [4.78, 5) is 2.11. The molecule has 20 heavy (non-hydrogen) atoms. The molecule has 1 aromatic carbocycles. The van der Waals surface area contributed by atoms with Crippen LogP contribution in [-0.2, 0) is 6.54 Å². The largest absolute Gasteiger partial charge is 0.394 e. The molecule has 3 nitrogen and oxygen atoms in total. The van der Waals surface area contributed by atoms with Crippen molar-refractivity contribution in [3.05, 3.63) is 28.8 Å². The number of likely N-dealkylation sites (N-methyl/N-ethyl adjacent to an activating group) is 1. The van der Waals surface area contributed by atoms with E-state index in [1.165, 1.54) is 0 Å². The Morgan fingerprint density at radius 1 is 1.35 bits per heavy atom. The summed E-state index contributed by atoms with van der Waals surface area (Å²) in [7, 11) is 2.01. The van der Waals surface area contributed by atoms with Gasteiger partial charge in [0.1, 0.15) is 0 Å². The van der Waals surface area contributed by atoms with Crippen LogP contribution in [0.25, 0.3) is 0 Å². The third kappa shape index (κ3) is 4.65. The molecule has 0 saturated carbocycles. The van der Waals surface area contributed by atoms with E-state index in [9.17, 15) is 5.11 Å². The van der Waals surface area contributed by atoms with Gasteiger partial charge in [-0.05, 0) is 50.1 Å². The molecule has 0 spiro atoms. The smallest absolute Gasteiger partial charge is 0.0658 e. The zero-order valence-electron chi connectivity index (χ0n) is 13.2. The summed E-state index contributed by atoms with van der Waals surface area (Å²) in [5.41, 5.74) is 1.95. The molecule has 2 N–H and O–H groups in total. The lowest BCUT2D eigenvalue weighted by Gasteiger charge is -2.37. The molecule has 4 heteroatoms. The molecule has 0 heterocycles. The van der Waals surface area contributed by atoms with Crippen LogP contribution in [0.1, 0.15) is 33.3 Å². The van der Waals surface area contributed by atoms with E-state index < -0.39 is 0 Å². The number of aliphatic hydroxyl groups is 1. The Balaban J connectivity index is 2.95. The SMILES string of the molecule is CC(C)CNCc1cc(Cl)ccc1N(C)C(C)(C)CO. The monoisotopic (exact) mass is 298 g/mol. The fourth-order valence-corrected chi connectivity index (χ4v) is 2.15. The van der Waals surface area contributed by atoms with Crippen molar-refractivity contribution in [2.75, 3.05) is 25.1 Å². The molecule has 0 aliphatic carbocycles. The van der Waals surface area contributed by atoms with Crippen LogP contribution in [0.3, 0.4) is 0 Å². The molecule has 0 radical (unpaired) electrons. The highest BCUT2D eigenvalue weighted by molar-refractivity contribution is 6.30. The first-order valence-corrected chi connectivity index (χ1v) is 7.49. The summed E-state index contributed by atoms with van der Waals surface area (Å²) >= 11 is 6.12. The average molecular weight is 299 g/mol. The fourth-order valence-electron chi connectivity index (χ4n) is 1.95. The van der Waals surface area contributed by atoms with Crippen molar-refractivity contribution in [1.29, 1.82) is 0 Å². The molecule has 0 aliphatic heterocycles. The molecule has 1 rings (SSSR count). The molecule has 0 unspecified atom stereocenters. The van der Waals surface area contributed by atoms with Crippen LogP contribution in [0, 0.1) is 5.92 Å². The Kier molecular flexibility index (Phi) is 6.31. The highest BCUT2D eigenvalue weighted by Crippen LogP contribution is 2.28. The van der Waals surface area contributed by atoms with Crippen molar-refractivity contribution >= 4 is 17.3 Å². The number of nitrogens with zero attached hydrogens (tertiary/aromatic N) is 1. The second-order valence-electron chi connectivity index (χ2n) is 6.33. The second kappa shape index (κ2) is 7.30. The van der Waals surface area contributed by atoms with E-state index in [0.29, 0.717) is 5.92 Å². The minimum absolute atomic E-state index is 0.102. The van der Waals surface area contributed by atoms with Crippen molar-refractivity contribution in [3.8, 4) is 0 Å². The van der Waals surface area contributed by atoms with Crippen molar-refractivity contribution < 1.29 is 5.11 Å². The highest BCUT2D eigenvalue weighted by Gasteiger charge is 2.24. The van der Waals surface area contributed by atoms with Gasteiger partial charge in [0.2, 0.25) is 0 Å². The molecule has 0 saturated heterocycles. The average Bonchev–Trinajstić information content (AvgIpc) is 2.37.